The van der Waals surface area contributed by atoms with E-state index in [1.807, 2.05) is 6.61 Å². The Labute approximate surface area is 35.9 Å². The first-order chi connectivity index (χ1) is 2.41. The molecule has 0 heterocycles. The van der Waals surface area contributed by atoms with Crippen LogP contribution in [0.5, 0.6) is 0 Å². The fraction of sp³-hybridized carbons (Fsp3) is 0.667. The number of hydrogen-bond donors (Lipinski definition) is 0. The average Bonchev–Trinajstić information content (AvgIpc) is 1.41. The van der Waals surface area contributed by atoms with Gasteiger partial charge in [-0.2, -0.15) is 0 Å². The largest absolute Gasteiger partial charge is 0.422 e. The van der Waals surface area contributed by atoms with E-state index in [9.17, 15) is 0 Å². The normalized spacial score (nSPS) is 9.00. The minimum Gasteiger partial charge on any atom is -0.422 e. The average molecular weight is 89.2 g/mol. The molecule has 0 fully saturated rings. The highest BCUT2D eigenvalue weighted by molar-refractivity contribution is 5.98. The fourth-order valence-corrected chi connectivity index (χ4v) is 0.500. The second-order valence-electron chi connectivity index (χ2n) is 0.811. The van der Waals surface area contributed by atoms with Gasteiger partial charge in [0.05, 0.1) is 6.61 Å². The molecule has 5 heavy (non-hydrogen) atoms. The highest BCUT2D eigenvalue weighted by Gasteiger charge is 1.67. The van der Waals surface area contributed by atoms with E-state index in [1.165, 1.54) is 0 Å². The van der Waals surface area contributed by atoms with Crippen molar-refractivity contribution in [3.8, 4) is 0 Å². The molecule has 0 aromatic rings. The summed E-state index contributed by atoms with van der Waals surface area (Å²) < 4.78 is 4.70. The third-order valence-corrected chi connectivity index (χ3v) is 0.667. The van der Waals surface area contributed by atoms with Gasteiger partial charge in [-0.1, -0.05) is 6.92 Å². The van der Waals surface area contributed by atoms with Gasteiger partial charge in [0.2, 0.25) is 0 Å². The van der Waals surface area contributed by atoms with E-state index < -0.39 is 0 Å². The van der Waals surface area contributed by atoms with Gasteiger partial charge in [0, 0.05) is 0 Å². The van der Waals surface area contributed by atoms with Gasteiger partial charge < -0.3 is 4.43 Å². The van der Waals surface area contributed by atoms with Crippen molar-refractivity contribution in [3.05, 3.63) is 6.61 Å². The van der Waals surface area contributed by atoms with Crippen molar-refractivity contribution < 1.29 is 4.43 Å². The van der Waals surface area contributed by atoms with Crippen LogP contribution in [0.25, 0.3) is 0 Å². The van der Waals surface area contributed by atoms with E-state index >= 15 is 0 Å². The maximum Gasteiger partial charge on any atom is 0.146 e. The van der Waals surface area contributed by atoms with Crippen LogP contribution in [-0.2, 0) is 4.43 Å². The third-order valence-electron chi connectivity index (χ3n) is 0.333. The molecule has 0 aromatic carbocycles. The van der Waals surface area contributed by atoms with Gasteiger partial charge in [0.15, 0.2) is 0 Å². The van der Waals surface area contributed by atoms with Gasteiger partial charge >= 0.3 is 0 Å². The molecule has 0 aliphatic carbocycles. The SMILES string of the molecule is CC[CH]O[SiH3]. The van der Waals surface area contributed by atoms with Crippen molar-refractivity contribution in [1.82, 2.24) is 0 Å². The van der Waals surface area contributed by atoms with E-state index in [1.54, 1.807) is 0 Å². The van der Waals surface area contributed by atoms with Gasteiger partial charge in [-0.25, -0.2) is 0 Å². The Kier molecular flexibility index (Phi) is 4.32. The van der Waals surface area contributed by atoms with Gasteiger partial charge in [-0.05, 0) is 6.42 Å². The molecule has 1 radical (unpaired) electrons. The molecule has 0 spiro atoms. The zero-order valence-corrected chi connectivity index (χ0v) is 5.69. The molecule has 31 valence electrons. The first-order valence-corrected chi connectivity index (χ1v) is 2.58. The highest BCUT2D eigenvalue weighted by Crippen LogP contribution is 1.78. The first kappa shape index (κ1) is 5.18. The smallest absolute Gasteiger partial charge is 0.146 e. The molecule has 0 aromatic heterocycles. The maximum absolute atomic E-state index is 4.70. The third kappa shape index (κ3) is 4.18. The lowest BCUT2D eigenvalue weighted by atomic mass is 10.5. The second kappa shape index (κ2) is 4.18. The summed E-state index contributed by atoms with van der Waals surface area (Å²) in [6.45, 7) is 3.87. The molecule has 2 heteroatoms. The zero-order chi connectivity index (χ0) is 4.12. The predicted molar refractivity (Wildman–Crippen MR) is 25.6 cm³/mol. The van der Waals surface area contributed by atoms with E-state index in [4.69, 9.17) is 4.43 Å². The molecule has 0 aliphatic rings. The summed E-state index contributed by atoms with van der Waals surface area (Å²) in [7, 11) is 0.843. The summed E-state index contributed by atoms with van der Waals surface area (Å²) in [5.74, 6) is 0. The van der Waals surface area contributed by atoms with Crippen molar-refractivity contribution >= 4 is 10.5 Å². The summed E-state index contributed by atoms with van der Waals surface area (Å²) in [5, 5.41) is 0. The molecule has 0 atom stereocenters. The van der Waals surface area contributed by atoms with Crippen LogP contribution in [0.4, 0.5) is 0 Å². The Morgan fingerprint density at radius 2 is 2.60 bits per heavy atom. The summed E-state index contributed by atoms with van der Waals surface area (Å²) in [4.78, 5) is 0. The van der Waals surface area contributed by atoms with E-state index in [0.717, 1.165) is 16.9 Å². The van der Waals surface area contributed by atoms with Crippen LogP contribution in [-0.4, -0.2) is 10.5 Å². The summed E-state index contributed by atoms with van der Waals surface area (Å²) in [6.07, 6.45) is 1.03. The Morgan fingerprint density at radius 1 is 2.00 bits per heavy atom. The molecular formula is C3H9OSi. The van der Waals surface area contributed by atoms with Crippen molar-refractivity contribution in [2.45, 2.75) is 13.3 Å². The summed E-state index contributed by atoms with van der Waals surface area (Å²) in [5.41, 5.74) is 0. The zero-order valence-electron chi connectivity index (χ0n) is 3.69. The van der Waals surface area contributed by atoms with Crippen LogP contribution in [0.3, 0.4) is 0 Å². The Morgan fingerprint density at radius 3 is 2.60 bits per heavy atom. The topological polar surface area (TPSA) is 9.23 Å². The number of hydrogen-bond acceptors (Lipinski definition) is 1. The lowest BCUT2D eigenvalue weighted by Gasteiger charge is -1.84. The summed E-state index contributed by atoms with van der Waals surface area (Å²) >= 11 is 0. The molecule has 0 unspecified atom stereocenters. The van der Waals surface area contributed by atoms with Crippen LogP contribution in [0, 0.1) is 6.61 Å². The molecule has 1 nitrogen and oxygen atoms in total. The van der Waals surface area contributed by atoms with E-state index in [0.29, 0.717) is 0 Å². The molecule has 0 amide bonds. The van der Waals surface area contributed by atoms with Crippen LogP contribution >= 0.6 is 0 Å². The maximum atomic E-state index is 4.70. The Hall–Kier alpha value is 0.177. The lowest BCUT2D eigenvalue weighted by molar-refractivity contribution is 0.437. The molecular weight excluding hydrogens is 80.1 g/mol. The Bertz CT molecular complexity index is 14.4. The first-order valence-electron chi connectivity index (χ1n) is 1.76. The monoisotopic (exact) mass is 89.0 g/mol. The molecule has 0 saturated carbocycles. The van der Waals surface area contributed by atoms with Crippen LogP contribution < -0.4 is 0 Å². The van der Waals surface area contributed by atoms with Crippen LogP contribution in [0.15, 0.2) is 0 Å². The predicted octanol–water partition coefficient (Wildman–Crippen LogP) is -0.145. The Balaban J connectivity index is 2.19. The quantitative estimate of drug-likeness (QED) is 0.428. The van der Waals surface area contributed by atoms with Crippen molar-refractivity contribution in [2.24, 2.45) is 0 Å². The van der Waals surface area contributed by atoms with Gasteiger partial charge in [-0.15, -0.1) is 0 Å². The van der Waals surface area contributed by atoms with Crippen LogP contribution in [0.2, 0.25) is 0 Å². The minimum absolute atomic E-state index is 0.843. The minimum atomic E-state index is 0.843. The van der Waals surface area contributed by atoms with Gasteiger partial charge in [-0.3, -0.25) is 0 Å². The van der Waals surface area contributed by atoms with Crippen molar-refractivity contribution in [3.63, 3.8) is 0 Å². The van der Waals surface area contributed by atoms with Crippen LogP contribution in [0.1, 0.15) is 13.3 Å². The van der Waals surface area contributed by atoms with Gasteiger partial charge in [0.25, 0.3) is 0 Å². The summed E-state index contributed by atoms with van der Waals surface area (Å²) in [6, 6.07) is 0. The highest BCUT2D eigenvalue weighted by atomic mass is 28.2. The standard InChI is InChI=1S/C3H9OSi/c1-2-3-4-5/h3H,2H2,1,5H3. The molecule has 0 N–H and O–H groups in total. The second-order valence-corrected chi connectivity index (χ2v) is 1.28. The van der Waals surface area contributed by atoms with Crippen molar-refractivity contribution in [1.29, 1.82) is 0 Å². The van der Waals surface area contributed by atoms with E-state index in [-0.39, 0.29) is 0 Å². The fourth-order valence-electron chi connectivity index (χ4n) is 0.167. The molecule has 0 bridgehead atoms. The van der Waals surface area contributed by atoms with Gasteiger partial charge in [0.1, 0.15) is 10.5 Å². The van der Waals surface area contributed by atoms with Crippen molar-refractivity contribution in [2.75, 3.05) is 0 Å². The molecule has 0 aliphatic heterocycles. The lowest BCUT2D eigenvalue weighted by Crippen LogP contribution is -1.74. The molecule has 0 rings (SSSR count). The van der Waals surface area contributed by atoms with E-state index in [2.05, 4.69) is 6.92 Å². The number of rotatable bonds is 2. The molecule has 0 saturated heterocycles.